The molecule has 0 spiro atoms. The largest absolute Gasteiger partial charge is 0.531 e. The summed E-state index contributed by atoms with van der Waals surface area (Å²) in [4.78, 5) is 35.0. The van der Waals surface area contributed by atoms with Gasteiger partial charge in [0.05, 0.1) is 0 Å². The molecule has 0 aromatic carbocycles. The molecule has 0 atom stereocenters. The van der Waals surface area contributed by atoms with Crippen LogP contribution in [0, 0.1) is 0 Å². The molecule has 7 nitrogen and oxygen atoms in total. The van der Waals surface area contributed by atoms with Crippen molar-refractivity contribution in [2.75, 3.05) is 13.2 Å². The predicted octanol–water partition coefficient (Wildman–Crippen LogP) is 0.542. The van der Waals surface area contributed by atoms with Crippen LogP contribution in [0.15, 0.2) is 0 Å². The van der Waals surface area contributed by atoms with Crippen molar-refractivity contribution in [2.45, 2.75) is 25.7 Å². The van der Waals surface area contributed by atoms with Crippen molar-refractivity contribution in [1.29, 1.82) is 0 Å². The number of nitrogens with zero attached hydrogens (tertiary/aromatic N) is 1. The van der Waals surface area contributed by atoms with Gasteiger partial charge >= 0.3 is 6.16 Å². The Balaban J connectivity index is 0.000000212. The van der Waals surface area contributed by atoms with Crippen molar-refractivity contribution >= 4 is 18.0 Å². The number of carbonyl (C=O) groups is 3. The molecular formula is C9H13NO6. The lowest BCUT2D eigenvalue weighted by molar-refractivity contribution is -0.175. The molecule has 0 radical (unpaired) electrons. The fourth-order valence-corrected chi connectivity index (χ4v) is 1.25. The van der Waals surface area contributed by atoms with Gasteiger partial charge in [-0.05, 0) is 12.8 Å². The summed E-state index contributed by atoms with van der Waals surface area (Å²) >= 11 is 0. The number of carboxylic acid groups (broad SMARTS) is 1. The van der Waals surface area contributed by atoms with Crippen LogP contribution in [0.5, 0.6) is 0 Å². The number of ether oxygens (including phenoxy) is 1. The maximum atomic E-state index is 10.6. The highest BCUT2D eigenvalue weighted by Gasteiger charge is 2.32. The minimum Gasteiger partial charge on any atom is -0.448 e. The van der Waals surface area contributed by atoms with Crippen molar-refractivity contribution in [3.8, 4) is 0 Å². The fraction of sp³-hybridized carbons (Fsp3) is 0.667. The van der Waals surface area contributed by atoms with Crippen LogP contribution in [-0.4, -0.2) is 41.4 Å². The molecule has 0 aromatic rings. The standard InChI is InChI=1S/C5H5NO5.C4H8O/c7-3-1-2-4(8)6(3)11-5(9)10;1-2-4-5-3-1/h1-2H2,(H,9,10);1-4H2. The van der Waals surface area contributed by atoms with E-state index in [1.165, 1.54) is 12.8 Å². The molecular weight excluding hydrogens is 218 g/mol. The molecule has 90 valence electrons. The molecule has 0 bridgehead atoms. The topological polar surface area (TPSA) is 93.1 Å². The number of hydroxylamine groups is 2. The number of hydrogen-bond acceptors (Lipinski definition) is 5. The van der Waals surface area contributed by atoms with Crippen molar-refractivity contribution in [1.82, 2.24) is 5.06 Å². The Morgan fingerprint density at radius 3 is 2.00 bits per heavy atom. The summed E-state index contributed by atoms with van der Waals surface area (Å²) in [6.07, 6.45) is 0.937. The van der Waals surface area contributed by atoms with Gasteiger partial charge in [-0.15, -0.1) is 0 Å². The van der Waals surface area contributed by atoms with Gasteiger partial charge in [-0.2, -0.15) is 0 Å². The van der Waals surface area contributed by atoms with E-state index >= 15 is 0 Å². The zero-order valence-electron chi connectivity index (χ0n) is 8.68. The molecule has 2 rings (SSSR count). The number of hydrogen-bond donors (Lipinski definition) is 1. The minimum atomic E-state index is -1.66. The zero-order chi connectivity index (χ0) is 12.0. The first-order valence-electron chi connectivity index (χ1n) is 4.95. The molecule has 0 aliphatic carbocycles. The van der Waals surface area contributed by atoms with E-state index in [-0.39, 0.29) is 17.9 Å². The molecule has 2 aliphatic rings. The van der Waals surface area contributed by atoms with E-state index in [1.807, 2.05) is 0 Å². The molecule has 0 aromatic heterocycles. The van der Waals surface area contributed by atoms with E-state index in [4.69, 9.17) is 9.84 Å². The van der Waals surface area contributed by atoms with E-state index in [2.05, 4.69) is 4.84 Å². The van der Waals surface area contributed by atoms with Gasteiger partial charge in [-0.3, -0.25) is 14.4 Å². The number of imide groups is 1. The van der Waals surface area contributed by atoms with Crippen molar-refractivity contribution < 1.29 is 29.1 Å². The highest BCUT2D eigenvalue weighted by molar-refractivity contribution is 6.01. The van der Waals surface area contributed by atoms with Crippen LogP contribution in [0.4, 0.5) is 4.79 Å². The summed E-state index contributed by atoms with van der Waals surface area (Å²) in [7, 11) is 0. The molecule has 7 heteroatoms. The second-order valence-electron chi connectivity index (χ2n) is 3.26. The third kappa shape index (κ3) is 3.85. The van der Waals surface area contributed by atoms with Crippen LogP contribution in [0.25, 0.3) is 0 Å². The van der Waals surface area contributed by atoms with Crippen molar-refractivity contribution in [3.05, 3.63) is 0 Å². The normalized spacial score (nSPS) is 19.4. The highest BCUT2D eigenvalue weighted by atomic mass is 16.8. The van der Waals surface area contributed by atoms with Crippen LogP contribution < -0.4 is 0 Å². The average Bonchev–Trinajstić information content (AvgIpc) is 2.86. The molecule has 0 saturated carbocycles. The minimum absolute atomic E-state index is 0.0200. The van der Waals surface area contributed by atoms with E-state index in [9.17, 15) is 14.4 Å². The first kappa shape index (κ1) is 12.4. The first-order chi connectivity index (χ1) is 7.61. The molecule has 2 aliphatic heterocycles. The van der Waals surface area contributed by atoms with Gasteiger partial charge in [-0.25, -0.2) is 4.79 Å². The quantitative estimate of drug-likeness (QED) is 0.662. The summed E-state index contributed by atoms with van der Waals surface area (Å²) in [5.41, 5.74) is 0. The van der Waals surface area contributed by atoms with Crippen molar-refractivity contribution in [3.63, 3.8) is 0 Å². The fourth-order valence-electron chi connectivity index (χ4n) is 1.25. The summed E-state index contributed by atoms with van der Waals surface area (Å²) in [6, 6.07) is 0. The summed E-state index contributed by atoms with van der Waals surface area (Å²) in [6.45, 7) is 2.00. The first-order valence-corrected chi connectivity index (χ1v) is 4.95. The molecule has 2 heterocycles. The van der Waals surface area contributed by atoms with Gasteiger partial charge in [0.25, 0.3) is 11.8 Å². The third-order valence-corrected chi connectivity index (χ3v) is 2.00. The summed E-state index contributed by atoms with van der Waals surface area (Å²) < 4.78 is 4.94. The van der Waals surface area contributed by atoms with Crippen LogP contribution in [0.1, 0.15) is 25.7 Å². The predicted molar refractivity (Wildman–Crippen MR) is 50.2 cm³/mol. The lowest BCUT2D eigenvalue weighted by Gasteiger charge is -2.08. The van der Waals surface area contributed by atoms with E-state index in [1.54, 1.807) is 0 Å². The van der Waals surface area contributed by atoms with Gasteiger partial charge in [0.1, 0.15) is 0 Å². The van der Waals surface area contributed by atoms with Gasteiger partial charge in [0.15, 0.2) is 0 Å². The third-order valence-electron chi connectivity index (χ3n) is 2.00. The van der Waals surface area contributed by atoms with E-state index in [0.29, 0.717) is 0 Å². The number of rotatable bonds is 1. The Kier molecular flexibility index (Phi) is 4.71. The van der Waals surface area contributed by atoms with Gasteiger partial charge < -0.3 is 9.84 Å². The van der Waals surface area contributed by atoms with Crippen LogP contribution >= 0.6 is 0 Å². The molecule has 1 N–H and O–H groups in total. The molecule has 2 amide bonds. The Morgan fingerprint density at radius 2 is 1.69 bits per heavy atom. The summed E-state index contributed by atoms with van der Waals surface area (Å²) in [5, 5.41) is 8.31. The smallest absolute Gasteiger partial charge is 0.448 e. The van der Waals surface area contributed by atoms with Gasteiger partial charge in [-0.1, -0.05) is 5.06 Å². The maximum Gasteiger partial charge on any atom is 0.531 e. The number of carbonyl (C=O) groups excluding carboxylic acids is 2. The lowest BCUT2D eigenvalue weighted by atomic mass is 10.4. The average molecular weight is 231 g/mol. The maximum absolute atomic E-state index is 10.6. The monoisotopic (exact) mass is 231 g/mol. The molecule has 0 unspecified atom stereocenters. The Hall–Kier alpha value is -1.63. The second-order valence-corrected chi connectivity index (χ2v) is 3.26. The zero-order valence-corrected chi connectivity index (χ0v) is 8.68. The van der Waals surface area contributed by atoms with E-state index < -0.39 is 18.0 Å². The molecule has 2 fully saturated rings. The molecule has 2 saturated heterocycles. The van der Waals surface area contributed by atoms with Gasteiger partial charge in [0.2, 0.25) is 0 Å². The lowest BCUT2D eigenvalue weighted by Crippen LogP contribution is -2.31. The van der Waals surface area contributed by atoms with E-state index in [0.717, 1.165) is 13.2 Å². The SMILES string of the molecule is C1CCOC1.O=C(O)ON1C(=O)CCC1=O. The number of amides is 2. The van der Waals surface area contributed by atoms with Crippen LogP contribution in [0.2, 0.25) is 0 Å². The summed E-state index contributed by atoms with van der Waals surface area (Å²) in [5.74, 6) is -1.23. The highest BCUT2D eigenvalue weighted by Crippen LogP contribution is 2.11. The Labute approximate surface area is 91.9 Å². The van der Waals surface area contributed by atoms with Crippen LogP contribution in [0.3, 0.4) is 0 Å². The van der Waals surface area contributed by atoms with Crippen molar-refractivity contribution in [2.24, 2.45) is 0 Å². The Bertz CT molecular complexity index is 262. The molecule has 16 heavy (non-hydrogen) atoms. The van der Waals surface area contributed by atoms with Crippen LogP contribution in [-0.2, 0) is 19.2 Å². The second kappa shape index (κ2) is 6.06. The van der Waals surface area contributed by atoms with Gasteiger partial charge in [0, 0.05) is 26.1 Å². The Morgan fingerprint density at radius 1 is 1.19 bits per heavy atom.